The van der Waals surface area contributed by atoms with Crippen LogP contribution in [0, 0.1) is 13.8 Å². The van der Waals surface area contributed by atoms with Gasteiger partial charge in [0.05, 0.1) is 11.2 Å². The summed E-state index contributed by atoms with van der Waals surface area (Å²) in [6.07, 6.45) is 4.10. The molecule has 140 valence electrons. The van der Waals surface area contributed by atoms with E-state index >= 15 is 0 Å². The minimum Gasteiger partial charge on any atom is -0.465 e. The molecule has 0 unspecified atom stereocenters. The number of rotatable bonds is 6. The van der Waals surface area contributed by atoms with Gasteiger partial charge in [0.15, 0.2) is 0 Å². The lowest BCUT2D eigenvalue weighted by atomic mass is 10.1. The zero-order chi connectivity index (χ0) is 19.4. The van der Waals surface area contributed by atoms with Crippen molar-refractivity contribution in [2.45, 2.75) is 26.7 Å². The number of thiocarbonyl (C=S) groups is 1. The van der Waals surface area contributed by atoms with Crippen molar-refractivity contribution in [2.75, 3.05) is 11.9 Å². The molecule has 0 saturated carbocycles. The van der Waals surface area contributed by atoms with Gasteiger partial charge in [-0.15, -0.1) is 0 Å². The van der Waals surface area contributed by atoms with Gasteiger partial charge in [-0.25, -0.2) is 0 Å². The van der Waals surface area contributed by atoms with Gasteiger partial charge in [0.25, 0.3) is 5.91 Å². The number of thioether (sulfide) groups is 1. The molecular formula is C20H20N2O3S2. The van der Waals surface area contributed by atoms with Crippen molar-refractivity contribution in [3.63, 3.8) is 0 Å². The highest BCUT2D eigenvalue weighted by molar-refractivity contribution is 8.26. The molecule has 2 aromatic rings. The molecule has 1 aliphatic rings. The van der Waals surface area contributed by atoms with Gasteiger partial charge >= 0.3 is 0 Å². The summed E-state index contributed by atoms with van der Waals surface area (Å²) in [6, 6.07) is 9.37. The monoisotopic (exact) mass is 400 g/mol. The fourth-order valence-corrected chi connectivity index (χ4v) is 3.92. The number of hydrogen-bond donors (Lipinski definition) is 1. The number of nitrogens with one attached hydrogen (secondary N) is 1. The molecule has 1 saturated heterocycles. The molecule has 1 aliphatic heterocycles. The maximum atomic E-state index is 12.5. The SMILES string of the molecule is Cc1ccc(NC(=O)CCCN2C(=O)/C(=C\c3ccco3)SC2=S)cc1C. The van der Waals surface area contributed by atoms with Gasteiger partial charge in [0.1, 0.15) is 10.1 Å². The van der Waals surface area contributed by atoms with Gasteiger partial charge < -0.3 is 9.73 Å². The largest absolute Gasteiger partial charge is 0.465 e. The first kappa shape index (κ1) is 19.4. The highest BCUT2D eigenvalue weighted by Gasteiger charge is 2.31. The third-order valence-corrected chi connectivity index (χ3v) is 5.64. The van der Waals surface area contributed by atoms with Crippen LogP contribution in [-0.2, 0) is 9.59 Å². The second-order valence-corrected chi connectivity index (χ2v) is 7.98. The number of aryl methyl sites for hydroxylation is 2. The zero-order valence-electron chi connectivity index (χ0n) is 15.2. The van der Waals surface area contributed by atoms with Crippen LogP contribution in [0.3, 0.4) is 0 Å². The molecule has 7 heteroatoms. The molecule has 0 radical (unpaired) electrons. The Bertz CT molecular complexity index is 904. The predicted octanol–water partition coefficient (Wildman–Crippen LogP) is 4.52. The first-order valence-electron chi connectivity index (χ1n) is 8.60. The summed E-state index contributed by atoms with van der Waals surface area (Å²) in [6.45, 7) is 4.46. The van der Waals surface area contributed by atoms with Gasteiger partial charge in [-0.1, -0.05) is 30.0 Å². The number of benzene rings is 1. The molecule has 0 atom stereocenters. The number of hydrogen-bond acceptors (Lipinski definition) is 5. The van der Waals surface area contributed by atoms with Crippen LogP contribution in [0.2, 0.25) is 0 Å². The Kier molecular flexibility index (Phi) is 6.13. The highest BCUT2D eigenvalue weighted by Crippen LogP contribution is 2.32. The molecule has 2 heterocycles. The average Bonchev–Trinajstić information content (AvgIpc) is 3.22. The maximum absolute atomic E-state index is 12.5. The highest BCUT2D eigenvalue weighted by atomic mass is 32.2. The van der Waals surface area contributed by atoms with E-state index in [9.17, 15) is 9.59 Å². The van der Waals surface area contributed by atoms with E-state index in [0.717, 1.165) is 11.3 Å². The van der Waals surface area contributed by atoms with E-state index in [1.54, 1.807) is 24.5 Å². The Morgan fingerprint density at radius 1 is 1.30 bits per heavy atom. The number of nitrogens with zero attached hydrogens (tertiary/aromatic N) is 1. The van der Waals surface area contributed by atoms with Crippen molar-refractivity contribution < 1.29 is 14.0 Å². The molecule has 1 fully saturated rings. The van der Waals surface area contributed by atoms with Crippen molar-refractivity contribution in [2.24, 2.45) is 0 Å². The van der Waals surface area contributed by atoms with Crippen LogP contribution >= 0.6 is 24.0 Å². The van der Waals surface area contributed by atoms with Gasteiger partial charge in [-0.2, -0.15) is 0 Å². The van der Waals surface area contributed by atoms with E-state index in [4.69, 9.17) is 16.6 Å². The fraction of sp³-hybridized carbons (Fsp3) is 0.250. The number of carbonyl (C=O) groups is 2. The standard InChI is InChI=1S/C20H20N2O3S2/c1-13-7-8-15(11-14(13)2)21-18(23)6-3-9-22-19(24)17(27-20(22)26)12-16-5-4-10-25-16/h4-5,7-8,10-12H,3,6,9H2,1-2H3,(H,21,23)/b17-12+. The van der Waals surface area contributed by atoms with Crippen molar-refractivity contribution in [1.82, 2.24) is 4.90 Å². The molecule has 1 aromatic carbocycles. The Hall–Kier alpha value is -2.38. The normalized spacial score (nSPS) is 15.6. The van der Waals surface area contributed by atoms with Gasteiger partial charge in [-0.3, -0.25) is 14.5 Å². The van der Waals surface area contributed by atoms with Gasteiger partial charge in [-0.05, 0) is 55.7 Å². The average molecular weight is 401 g/mol. The van der Waals surface area contributed by atoms with Crippen LogP contribution in [-0.4, -0.2) is 27.6 Å². The summed E-state index contributed by atoms with van der Waals surface area (Å²) in [5, 5.41) is 2.89. The van der Waals surface area contributed by atoms with E-state index < -0.39 is 0 Å². The van der Waals surface area contributed by atoms with Gasteiger partial charge in [0.2, 0.25) is 5.91 Å². The quantitative estimate of drug-likeness (QED) is 0.571. The van der Waals surface area contributed by atoms with Gasteiger partial charge in [0, 0.05) is 24.7 Å². The zero-order valence-corrected chi connectivity index (χ0v) is 16.8. The third kappa shape index (κ3) is 4.87. The number of amides is 2. The first-order valence-corrected chi connectivity index (χ1v) is 9.82. The van der Waals surface area contributed by atoms with E-state index in [2.05, 4.69) is 5.32 Å². The van der Waals surface area contributed by atoms with E-state index in [1.165, 1.54) is 22.2 Å². The lowest BCUT2D eigenvalue weighted by Gasteiger charge is -2.14. The fourth-order valence-electron chi connectivity index (χ4n) is 2.64. The summed E-state index contributed by atoms with van der Waals surface area (Å²) in [5.74, 6) is 0.397. The lowest BCUT2D eigenvalue weighted by molar-refractivity contribution is -0.122. The topological polar surface area (TPSA) is 62.6 Å². The predicted molar refractivity (Wildman–Crippen MR) is 112 cm³/mol. The van der Waals surface area contributed by atoms with Crippen molar-refractivity contribution in [1.29, 1.82) is 0 Å². The first-order chi connectivity index (χ1) is 12.9. The van der Waals surface area contributed by atoms with Crippen LogP contribution in [0.5, 0.6) is 0 Å². The van der Waals surface area contributed by atoms with Crippen LogP contribution in [0.1, 0.15) is 29.7 Å². The lowest BCUT2D eigenvalue weighted by Crippen LogP contribution is -2.29. The summed E-state index contributed by atoms with van der Waals surface area (Å²) in [7, 11) is 0. The Labute approximate surface area is 167 Å². The molecule has 1 aromatic heterocycles. The molecule has 27 heavy (non-hydrogen) atoms. The second kappa shape index (κ2) is 8.54. The smallest absolute Gasteiger partial charge is 0.266 e. The number of furan rings is 1. The van der Waals surface area contributed by atoms with Crippen LogP contribution < -0.4 is 5.32 Å². The second-order valence-electron chi connectivity index (χ2n) is 6.30. The van der Waals surface area contributed by atoms with Crippen LogP contribution in [0.15, 0.2) is 45.9 Å². The van der Waals surface area contributed by atoms with Crippen molar-refractivity contribution >= 4 is 51.9 Å². The number of carbonyl (C=O) groups excluding carboxylic acids is 2. The van der Waals surface area contributed by atoms with E-state index in [1.807, 2.05) is 32.0 Å². The molecule has 3 rings (SSSR count). The minimum atomic E-state index is -0.143. The molecule has 1 N–H and O–H groups in total. The Balaban J connectivity index is 1.51. The molecule has 5 nitrogen and oxygen atoms in total. The Morgan fingerprint density at radius 2 is 2.11 bits per heavy atom. The maximum Gasteiger partial charge on any atom is 0.266 e. The number of anilines is 1. The summed E-state index contributed by atoms with van der Waals surface area (Å²) < 4.78 is 5.75. The van der Waals surface area contributed by atoms with Crippen LogP contribution in [0.25, 0.3) is 6.08 Å². The summed E-state index contributed by atoms with van der Waals surface area (Å²) in [4.78, 5) is 26.7. The molecule has 2 amide bonds. The molecule has 0 spiro atoms. The Morgan fingerprint density at radius 3 is 2.81 bits per heavy atom. The van der Waals surface area contributed by atoms with Crippen LogP contribution in [0.4, 0.5) is 5.69 Å². The molecule has 0 aliphatic carbocycles. The molecular weight excluding hydrogens is 380 g/mol. The van der Waals surface area contributed by atoms with E-state index in [-0.39, 0.29) is 11.8 Å². The van der Waals surface area contributed by atoms with Crippen molar-refractivity contribution in [3.8, 4) is 0 Å². The third-order valence-electron chi connectivity index (χ3n) is 4.27. The summed E-state index contributed by atoms with van der Waals surface area (Å²) >= 11 is 6.55. The van der Waals surface area contributed by atoms with Crippen molar-refractivity contribution in [3.05, 3.63) is 58.4 Å². The minimum absolute atomic E-state index is 0.0742. The molecule has 0 bridgehead atoms. The summed E-state index contributed by atoms with van der Waals surface area (Å²) in [5.41, 5.74) is 3.11. The van der Waals surface area contributed by atoms with E-state index in [0.29, 0.717) is 34.4 Å².